The highest BCUT2D eigenvalue weighted by Crippen LogP contribution is 2.38. The number of phenols is 1. The number of cyclic esters (lactones) is 1. The molecule has 0 aromatic heterocycles. The smallest absolute Gasteiger partial charge is 0.325 e. The number of hydrogen-bond donors (Lipinski definition) is 10. The van der Waals surface area contributed by atoms with Crippen molar-refractivity contribution in [3.05, 3.63) is 77.7 Å². The van der Waals surface area contributed by atoms with Gasteiger partial charge in [0.2, 0.25) is 17.7 Å². The summed E-state index contributed by atoms with van der Waals surface area (Å²) in [5, 5.41) is 76.4. The zero-order chi connectivity index (χ0) is 58.9. The summed E-state index contributed by atoms with van der Waals surface area (Å²) in [7, 11) is 0. The minimum atomic E-state index is -1.53. The third-order valence-corrected chi connectivity index (χ3v) is 16.6. The standard InChI is InChI=1S/C60H92FN5O13/c1-11-43-31-38(7)60(78,64-55(43)73)41(10)53(71)37(6)24-29-48(68)35(4)19-14-12-15-20-36(5)51-23-17-13-16-22-49(69)40(9)54(72)44(27-25-39(8)67)56(74)63-52(34(2)3)57(75)62-47(32-42-26-28-45(61)50(70)33-42)58(76)66-30-18-21-46(65-66)59(77)79-51/h12-13,15-17,20,22,26,28,33-35,37-38,40-41,43-44,46-49,51-54,65,68-72,78H,11,14,18-19,21,23-25,27,29-32H2,1-10H3,(H,62,75)(H,63,74)(H,64,73)/b15-12+,17-13+,22-16+,36-20+/t35?,37?,38-,40?,41?,43?,44?,46?,47?,48?,49-,51-,52?,53?,54?,60+/m0/s1. The van der Waals surface area contributed by atoms with E-state index in [0.717, 1.165) is 12.1 Å². The number of nitrogens with zero attached hydrogens (tertiary/aromatic N) is 1. The molecular weight excluding hydrogens is 1020 g/mol. The number of carbonyl (C=O) groups excluding carboxylic acids is 6. The van der Waals surface area contributed by atoms with Crippen LogP contribution in [0.5, 0.6) is 5.75 Å². The number of halogens is 1. The number of ketones is 1. The first-order valence-corrected chi connectivity index (χ1v) is 28.5. The molecule has 1 aromatic rings. The molecule has 2 bridgehead atoms. The Bertz CT molecular complexity index is 2340. The predicted octanol–water partition coefficient (Wildman–Crippen LogP) is 5.53. The first-order valence-electron chi connectivity index (χ1n) is 28.5. The van der Waals surface area contributed by atoms with E-state index in [0.29, 0.717) is 62.5 Å². The maximum atomic E-state index is 14.5. The molecular formula is C60H92FN5O13. The molecule has 79 heavy (non-hydrogen) atoms. The van der Waals surface area contributed by atoms with Crippen LogP contribution in [0.3, 0.4) is 0 Å². The minimum absolute atomic E-state index is 0.0655. The van der Waals surface area contributed by atoms with Gasteiger partial charge in [-0.3, -0.25) is 29.0 Å². The number of piperidine rings is 1. The van der Waals surface area contributed by atoms with E-state index in [1.807, 2.05) is 52.8 Å². The second kappa shape index (κ2) is 31.0. The van der Waals surface area contributed by atoms with Gasteiger partial charge in [0.15, 0.2) is 11.6 Å². The minimum Gasteiger partial charge on any atom is -0.505 e. The van der Waals surface area contributed by atoms with Crippen molar-refractivity contribution in [3.63, 3.8) is 0 Å². The van der Waals surface area contributed by atoms with Gasteiger partial charge in [-0.15, -0.1) is 0 Å². The predicted molar refractivity (Wildman–Crippen MR) is 297 cm³/mol. The molecule has 12 unspecified atom stereocenters. The summed E-state index contributed by atoms with van der Waals surface area (Å²) in [6.45, 7) is 17.6. The number of allylic oxidation sites excluding steroid dienone is 5. The lowest BCUT2D eigenvalue weighted by Gasteiger charge is -2.47. The van der Waals surface area contributed by atoms with E-state index in [2.05, 4.69) is 21.4 Å². The van der Waals surface area contributed by atoms with E-state index < -0.39 is 113 Å². The van der Waals surface area contributed by atoms with E-state index in [4.69, 9.17) is 4.74 Å². The highest BCUT2D eigenvalue weighted by molar-refractivity contribution is 5.93. The quantitative estimate of drug-likeness (QED) is 0.0603. The topological polar surface area (TPSA) is 284 Å². The van der Waals surface area contributed by atoms with Crippen LogP contribution >= 0.6 is 0 Å². The molecule has 0 aliphatic carbocycles. The van der Waals surface area contributed by atoms with Gasteiger partial charge in [-0.05, 0) is 113 Å². The van der Waals surface area contributed by atoms with Crippen LogP contribution in [0, 0.1) is 53.2 Å². The maximum Gasteiger partial charge on any atom is 0.325 e. The summed E-state index contributed by atoms with van der Waals surface area (Å²) in [6, 6.07) is -0.0887. The van der Waals surface area contributed by atoms with Gasteiger partial charge in [-0.1, -0.05) is 104 Å². The molecule has 1 aromatic carbocycles. The van der Waals surface area contributed by atoms with Gasteiger partial charge in [0.1, 0.15) is 35.7 Å². The highest BCUT2D eigenvalue weighted by Gasteiger charge is 2.49. The number of nitrogens with one attached hydrogen (secondary N) is 4. The number of phenolic OH excluding ortho intramolecular Hbond substituents is 1. The lowest BCUT2D eigenvalue weighted by atomic mass is 9.72. The molecule has 3 heterocycles. The molecule has 10 N–H and O–H groups in total. The summed E-state index contributed by atoms with van der Waals surface area (Å²) in [4.78, 5) is 81.6. The highest BCUT2D eigenvalue weighted by atomic mass is 19.1. The molecule has 442 valence electrons. The van der Waals surface area contributed by atoms with Gasteiger partial charge in [-0.2, -0.15) is 0 Å². The third kappa shape index (κ3) is 18.9. The second-order valence-electron chi connectivity index (χ2n) is 23.1. The number of aliphatic hydroxyl groups is 5. The summed E-state index contributed by atoms with van der Waals surface area (Å²) >= 11 is 0. The van der Waals surface area contributed by atoms with E-state index in [1.165, 1.54) is 24.1 Å². The Kier molecular flexibility index (Phi) is 26.0. The average molecular weight is 1110 g/mol. The van der Waals surface area contributed by atoms with Gasteiger partial charge in [-0.25, -0.2) is 9.82 Å². The number of aliphatic hydroxyl groups excluding tert-OH is 4. The maximum absolute atomic E-state index is 14.5. The number of benzene rings is 1. The SMILES string of the molecule is CCC1C[C@H](C)[C@@](O)(C(C)C(O)C(C)CCC(O)C(C)CC/C=C/C=C(\C)[C@@H]2C/C=C/C=C/[C@H](O)C(C)C(O)C(CCC(C)=O)C(=O)NC(C(C)C)C(=O)NC(Cc3ccc(F)c(O)c3)C(=O)N3CCCC(N3)C(=O)O2)NC1=O. The van der Waals surface area contributed by atoms with Gasteiger partial charge in [0, 0.05) is 49.5 Å². The molecule has 2 fully saturated rings. The van der Waals surface area contributed by atoms with Crippen molar-refractivity contribution in [3.8, 4) is 5.75 Å². The van der Waals surface area contributed by atoms with Gasteiger partial charge in [0.05, 0.1) is 30.3 Å². The number of amides is 4. The Morgan fingerprint density at radius 1 is 0.949 bits per heavy atom. The molecule has 0 saturated carbocycles. The molecule has 4 rings (SSSR count). The third-order valence-electron chi connectivity index (χ3n) is 16.6. The van der Waals surface area contributed by atoms with Crippen molar-refractivity contribution in [2.45, 2.75) is 201 Å². The number of fused-ring (bicyclic) bond motifs is 2. The van der Waals surface area contributed by atoms with Crippen molar-refractivity contribution in [1.29, 1.82) is 0 Å². The fourth-order valence-electron chi connectivity index (χ4n) is 10.7. The summed E-state index contributed by atoms with van der Waals surface area (Å²) in [5.41, 5.74) is 2.43. The van der Waals surface area contributed by atoms with Crippen molar-refractivity contribution < 1.29 is 68.5 Å². The largest absolute Gasteiger partial charge is 0.505 e. The van der Waals surface area contributed by atoms with Crippen molar-refractivity contribution >= 4 is 35.4 Å². The van der Waals surface area contributed by atoms with Crippen LogP contribution in [0.25, 0.3) is 0 Å². The second-order valence-corrected chi connectivity index (χ2v) is 23.1. The van der Waals surface area contributed by atoms with Gasteiger partial charge < -0.3 is 56.1 Å². The number of ether oxygens (including phenoxy) is 1. The molecule has 0 radical (unpaired) electrons. The number of hydrogen-bond acceptors (Lipinski definition) is 14. The number of aromatic hydroxyl groups is 1. The van der Waals surface area contributed by atoms with Gasteiger partial charge >= 0.3 is 5.97 Å². The van der Waals surface area contributed by atoms with E-state index in [1.54, 1.807) is 45.9 Å². The average Bonchev–Trinajstić information content (AvgIpc) is 3.45. The van der Waals surface area contributed by atoms with Crippen LogP contribution in [-0.4, -0.2) is 132 Å². The Labute approximate surface area is 466 Å². The van der Waals surface area contributed by atoms with Crippen LogP contribution in [0.15, 0.2) is 66.3 Å². The lowest BCUT2D eigenvalue weighted by molar-refractivity contribution is -0.170. The zero-order valence-electron chi connectivity index (χ0n) is 48.1. The number of esters is 1. The van der Waals surface area contributed by atoms with Crippen molar-refractivity contribution in [2.24, 2.45) is 47.3 Å². The molecule has 18 nitrogen and oxygen atoms in total. The first-order chi connectivity index (χ1) is 37.2. The monoisotopic (exact) mass is 1110 g/mol. The van der Waals surface area contributed by atoms with Crippen molar-refractivity contribution in [1.82, 2.24) is 26.4 Å². The Morgan fingerprint density at radius 3 is 2.32 bits per heavy atom. The van der Waals surface area contributed by atoms with Crippen LogP contribution in [0.2, 0.25) is 0 Å². The molecule has 4 amide bonds. The van der Waals surface area contributed by atoms with E-state index in [-0.39, 0.29) is 67.6 Å². The Hall–Kier alpha value is -5.31. The van der Waals surface area contributed by atoms with Crippen LogP contribution in [0.1, 0.15) is 145 Å². The summed E-state index contributed by atoms with van der Waals surface area (Å²) < 4.78 is 20.3. The zero-order valence-corrected chi connectivity index (χ0v) is 48.1. The lowest BCUT2D eigenvalue weighted by Crippen LogP contribution is -2.65. The van der Waals surface area contributed by atoms with Crippen LogP contribution in [-0.2, 0) is 39.9 Å². The Balaban J connectivity index is 1.53. The first kappa shape index (κ1) is 66.2. The number of carbonyl (C=O) groups is 6. The molecule has 19 heteroatoms. The number of rotatable bonds is 19. The van der Waals surface area contributed by atoms with Crippen LogP contribution < -0.4 is 21.4 Å². The number of Topliss-reactive ketones (excluding diaryl/α,β-unsaturated/α-hetero) is 1. The molecule has 3 aliphatic heterocycles. The molecule has 16 atom stereocenters. The molecule has 2 saturated heterocycles. The van der Waals surface area contributed by atoms with E-state index in [9.17, 15) is 63.8 Å². The fourth-order valence-corrected chi connectivity index (χ4v) is 10.7. The molecule has 3 aliphatic rings. The van der Waals surface area contributed by atoms with E-state index >= 15 is 0 Å². The van der Waals surface area contributed by atoms with Gasteiger partial charge in [0.25, 0.3) is 5.91 Å². The van der Waals surface area contributed by atoms with Crippen LogP contribution in [0.4, 0.5) is 4.39 Å². The van der Waals surface area contributed by atoms with Crippen molar-refractivity contribution in [2.75, 3.05) is 6.54 Å². The fraction of sp³-hybridized carbons (Fsp3) is 0.667. The Morgan fingerprint density at radius 2 is 1.66 bits per heavy atom. The summed E-state index contributed by atoms with van der Waals surface area (Å²) in [5.74, 6) is -8.91. The number of hydrazine groups is 1. The molecule has 0 spiro atoms. The summed E-state index contributed by atoms with van der Waals surface area (Å²) in [6.07, 6.45) is 10.9. The normalized spacial score (nSPS) is 31.1.